The summed E-state index contributed by atoms with van der Waals surface area (Å²) in [7, 11) is 0. The summed E-state index contributed by atoms with van der Waals surface area (Å²) in [5.41, 5.74) is -0.362. The van der Waals surface area contributed by atoms with Crippen LogP contribution in [0, 0.1) is 5.92 Å². The monoisotopic (exact) mass is 238 g/mol. The molecule has 0 aromatic carbocycles. The minimum absolute atomic E-state index is 0.362. The highest BCUT2D eigenvalue weighted by molar-refractivity contribution is 5.10. The van der Waals surface area contributed by atoms with Gasteiger partial charge in [0, 0.05) is 18.8 Å². The molecule has 3 heteroatoms. The van der Waals surface area contributed by atoms with Crippen LogP contribution in [0.2, 0.25) is 0 Å². The van der Waals surface area contributed by atoms with Gasteiger partial charge in [-0.25, -0.2) is 0 Å². The summed E-state index contributed by atoms with van der Waals surface area (Å²) in [6.45, 7) is 0. The van der Waals surface area contributed by atoms with Gasteiger partial charge in [0.15, 0.2) is 11.6 Å². The third kappa shape index (κ3) is 1.23. The van der Waals surface area contributed by atoms with E-state index < -0.39 is 11.6 Å². The first-order chi connectivity index (χ1) is 8.18. The van der Waals surface area contributed by atoms with Crippen LogP contribution in [0.4, 0.5) is 0 Å². The van der Waals surface area contributed by atoms with Crippen LogP contribution in [0.15, 0.2) is 0 Å². The van der Waals surface area contributed by atoms with Crippen molar-refractivity contribution in [2.75, 3.05) is 0 Å². The Bertz CT molecular complexity index is 340. The molecular weight excluding hydrogens is 216 g/mol. The lowest BCUT2D eigenvalue weighted by molar-refractivity contribution is -0.280. The molecule has 0 radical (unpaired) electrons. The SMILES string of the molecule is O[C@@]12CCCCC13CCC1CCCC[C@]1(O3)O2. The van der Waals surface area contributed by atoms with Gasteiger partial charge in [-0.2, -0.15) is 0 Å². The first kappa shape index (κ1) is 10.8. The van der Waals surface area contributed by atoms with Gasteiger partial charge in [-0.05, 0) is 38.5 Å². The molecule has 2 bridgehead atoms. The van der Waals surface area contributed by atoms with E-state index in [9.17, 15) is 5.11 Å². The molecule has 2 unspecified atom stereocenters. The molecule has 2 spiro atoms. The number of hydrogen-bond donors (Lipinski definition) is 1. The molecule has 2 saturated heterocycles. The summed E-state index contributed by atoms with van der Waals surface area (Å²) in [4.78, 5) is 0. The second kappa shape index (κ2) is 3.25. The van der Waals surface area contributed by atoms with E-state index >= 15 is 0 Å². The van der Waals surface area contributed by atoms with Crippen LogP contribution in [0.3, 0.4) is 0 Å². The number of rotatable bonds is 0. The van der Waals surface area contributed by atoms with Crippen molar-refractivity contribution in [2.24, 2.45) is 5.92 Å². The molecule has 96 valence electrons. The Kier molecular flexibility index (Phi) is 2.06. The Balaban J connectivity index is 1.75. The summed E-state index contributed by atoms with van der Waals surface area (Å²) in [6, 6.07) is 0. The van der Waals surface area contributed by atoms with E-state index in [4.69, 9.17) is 9.47 Å². The Morgan fingerprint density at radius 1 is 0.824 bits per heavy atom. The van der Waals surface area contributed by atoms with Crippen LogP contribution in [0.5, 0.6) is 0 Å². The Morgan fingerprint density at radius 2 is 1.65 bits per heavy atom. The van der Waals surface area contributed by atoms with Crippen LogP contribution in [0.1, 0.15) is 64.2 Å². The number of aliphatic hydroxyl groups is 1. The van der Waals surface area contributed by atoms with Crippen molar-refractivity contribution in [1.29, 1.82) is 0 Å². The fourth-order valence-electron chi connectivity index (χ4n) is 4.71. The third-order valence-corrected chi connectivity index (χ3v) is 5.61. The maximum absolute atomic E-state index is 10.9. The van der Waals surface area contributed by atoms with Crippen molar-refractivity contribution >= 4 is 0 Å². The van der Waals surface area contributed by atoms with Gasteiger partial charge in [-0.3, -0.25) is 0 Å². The maximum Gasteiger partial charge on any atom is 0.198 e. The zero-order chi connectivity index (χ0) is 11.6. The zero-order valence-corrected chi connectivity index (χ0v) is 10.4. The second-order valence-corrected chi connectivity index (χ2v) is 6.48. The largest absolute Gasteiger partial charge is 0.363 e. The van der Waals surface area contributed by atoms with E-state index in [-0.39, 0.29) is 5.60 Å². The quantitative estimate of drug-likeness (QED) is 0.705. The lowest BCUT2D eigenvalue weighted by Gasteiger charge is -2.47. The van der Waals surface area contributed by atoms with E-state index in [2.05, 4.69) is 0 Å². The average Bonchev–Trinajstić information content (AvgIpc) is 2.52. The third-order valence-electron chi connectivity index (χ3n) is 5.61. The molecule has 2 aliphatic heterocycles. The van der Waals surface area contributed by atoms with E-state index in [1.165, 1.54) is 32.1 Å². The molecule has 4 rings (SSSR count). The lowest BCUT2D eigenvalue weighted by Crippen LogP contribution is -2.55. The van der Waals surface area contributed by atoms with E-state index in [1.54, 1.807) is 0 Å². The molecular formula is C14H22O3. The standard InChI is InChI=1S/C14H22O3/c15-14-9-4-3-7-12(14)10-6-11-5-1-2-8-13(11,16-12)17-14/h11,15H,1-10H2/t11?,12?,13-,14+/m0/s1. The molecule has 17 heavy (non-hydrogen) atoms. The molecule has 2 aliphatic carbocycles. The minimum atomic E-state index is -0.975. The van der Waals surface area contributed by atoms with Gasteiger partial charge in [-0.1, -0.05) is 12.8 Å². The average molecular weight is 238 g/mol. The van der Waals surface area contributed by atoms with Crippen LogP contribution >= 0.6 is 0 Å². The number of ether oxygens (including phenoxy) is 2. The molecule has 2 heterocycles. The van der Waals surface area contributed by atoms with Gasteiger partial charge in [0.2, 0.25) is 0 Å². The van der Waals surface area contributed by atoms with Crippen molar-refractivity contribution in [3.8, 4) is 0 Å². The smallest absolute Gasteiger partial charge is 0.198 e. The Hall–Kier alpha value is -0.120. The maximum atomic E-state index is 10.9. The molecule has 0 aromatic heterocycles. The Morgan fingerprint density at radius 3 is 2.59 bits per heavy atom. The highest BCUT2D eigenvalue weighted by Crippen LogP contribution is 2.62. The van der Waals surface area contributed by atoms with Crippen LogP contribution in [-0.4, -0.2) is 22.3 Å². The van der Waals surface area contributed by atoms with Crippen molar-refractivity contribution in [3.63, 3.8) is 0 Å². The second-order valence-electron chi connectivity index (χ2n) is 6.48. The molecule has 4 atom stereocenters. The highest BCUT2D eigenvalue weighted by atomic mass is 16.8. The lowest BCUT2D eigenvalue weighted by atomic mass is 9.71. The number of hydrogen-bond acceptors (Lipinski definition) is 3. The van der Waals surface area contributed by atoms with E-state index in [1.807, 2.05) is 0 Å². The summed E-state index contributed by atoms with van der Waals surface area (Å²) in [5.74, 6) is -0.871. The van der Waals surface area contributed by atoms with Crippen molar-refractivity contribution in [1.82, 2.24) is 0 Å². The molecule has 1 N–H and O–H groups in total. The first-order valence-electron chi connectivity index (χ1n) is 7.31. The Labute approximate surface area is 102 Å². The van der Waals surface area contributed by atoms with Gasteiger partial charge in [0.1, 0.15) is 5.60 Å². The van der Waals surface area contributed by atoms with Crippen molar-refractivity contribution < 1.29 is 14.6 Å². The molecule has 0 amide bonds. The highest BCUT2D eigenvalue weighted by Gasteiger charge is 2.70. The molecule has 4 fully saturated rings. The van der Waals surface area contributed by atoms with Crippen molar-refractivity contribution in [2.45, 2.75) is 81.4 Å². The molecule has 2 saturated carbocycles. The van der Waals surface area contributed by atoms with Gasteiger partial charge < -0.3 is 14.6 Å². The van der Waals surface area contributed by atoms with Crippen LogP contribution in [-0.2, 0) is 9.47 Å². The topological polar surface area (TPSA) is 38.7 Å². The van der Waals surface area contributed by atoms with Gasteiger partial charge in [-0.15, -0.1) is 0 Å². The minimum Gasteiger partial charge on any atom is -0.363 e. The van der Waals surface area contributed by atoms with Gasteiger partial charge in [0.05, 0.1) is 0 Å². The van der Waals surface area contributed by atoms with E-state index in [0.29, 0.717) is 5.92 Å². The fraction of sp³-hybridized carbons (Fsp3) is 1.00. The fourth-order valence-corrected chi connectivity index (χ4v) is 4.71. The zero-order valence-electron chi connectivity index (χ0n) is 10.4. The summed E-state index contributed by atoms with van der Waals surface area (Å²) < 4.78 is 12.6. The molecule has 3 nitrogen and oxygen atoms in total. The van der Waals surface area contributed by atoms with E-state index in [0.717, 1.165) is 32.1 Å². The summed E-state index contributed by atoms with van der Waals surface area (Å²) in [5, 5.41) is 10.9. The molecule has 4 aliphatic rings. The molecule has 0 aromatic rings. The normalized spacial score (nSPS) is 57.4. The van der Waals surface area contributed by atoms with Gasteiger partial charge >= 0.3 is 0 Å². The summed E-state index contributed by atoms with van der Waals surface area (Å²) in [6.07, 6.45) is 10.9. The van der Waals surface area contributed by atoms with Gasteiger partial charge in [0.25, 0.3) is 0 Å². The first-order valence-corrected chi connectivity index (χ1v) is 7.31. The summed E-state index contributed by atoms with van der Waals surface area (Å²) >= 11 is 0. The predicted molar refractivity (Wildman–Crippen MR) is 62.2 cm³/mol. The van der Waals surface area contributed by atoms with Crippen LogP contribution in [0.25, 0.3) is 0 Å². The van der Waals surface area contributed by atoms with Crippen molar-refractivity contribution in [3.05, 3.63) is 0 Å². The van der Waals surface area contributed by atoms with Crippen LogP contribution < -0.4 is 0 Å². The predicted octanol–water partition coefficient (Wildman–Crippen LogP) is 2.71.